The van der Waals surface area contributed by atoms with Crippen molar-refractivity contribution >= 4 is 12.0 Å². The molecule has 0 N–H and O–H groups in total. The number of rotatable bonds is 8. The van der Waals surface area contributed by atoms with Gasteiger partial charge in [-0.2, -0.15) is 0 Å². The molecule has 1 aliphatic heterocycles. The summed E-state index contributed by atoms with van der Waals surface area (Å²) in [6, 6.07) is 8.58. The van der Waals surface area contributed by atoms with Gasteiger partial charge in [-0.15, -0.1) is 0 Å². The number of hydrogen-bond acceptors (Lipinski definition) is 8. The van der Waals surface area contributed by atoms with E-state index in [-0.39, 0.29) is 6.61 Å². The minimum Gasteiger partial charge on any atom is -0.493 e. The third-order valence-corrected chi connectivity index (χ3v) is 4.87. The van der Waals surface area contributed by atoms with E-state index in [0.29, 0.717) is 53.1 Å². The number of para-hydroxylation sites is 1. The number of carbonyl (C=O) groups excluding carboxylic acids is 2. The molecule has 0 spiro atoms. The summed E-state index contributed by atoms with van der Waals surface area (Å²) in [4.78, 5) is 30.4. The zero-order valence-electron chi connectivity index (χ0n) is 17.4. The molecule has 3 heterocycles. The van der Waals surface area contributed by atoms with Gasteiger partial charge in [0.25, 0.3) is 11.8 Å². The maximum Gasteiger partial charge on any atom is 0.417 e. The number of oxazole rings is 1. The Morgan fingerprint density at radius 3 is 2.74 bits per heavy atom. The predicted octanol–water partition coefficient (Wildman–Crippen LogP) is 4.26. The van der Waals surface area contributed by atoms with Gasteiger partial charge in [-0.1, -0.05) is 19.1 Å². The number of hydrogen-bond donors (Lipinski definition) is 0. The summed E-state index contributed by atoms with van der Waals surface area (Å²) in [5, 5.41) is 0. The number of carbonyl (C=O) groups is 2. The van der Waals surface area contributed by atoms with E-state index < -0.39 is 18.1 Å². The quantitative estimate of drug-likeness (QED) is 0.526. The summed E-state index contributed by atoms with van der Waals surface area (Å²) in [6.07, 6.45) is 0.411. The highest BCUT2D eigenvalue weighted by Gasteiger charge is 2.43. The summed E-state index contributed by atoms with van der Waals surface area (Å²) in [7, 11) is 1.49. The first-order chi connectivity index (χ1) is 15.0. The number of ether oxygens (including phenoxy) is 3. The molecule has 0 bridgehead atoms. The fourth-order valence-corrected chi connectivity index (χ4v) is 3.33. The highest BCUT2D eigenvalue weighted by Crippen LogP contribution is 2.40. The fourth-order valence-electron chi connectivity index (χ4n) is 3.33. The lowest BCUT2D eigenvalue weighted by molar-refractivity contribution is -0.130. The van der Waals surface area contributed by atoms with E-state index >= 15 is 0 Å². The second kappa shape index (κ2) is 8.55. The molecule has 1 saturated heterocycles. The summed E-state index contributed by atoms with van der Waals surface area (Å²) in [5.74, 6) is 1.70. The summed E-state index contributed by atoms with van der Waals surface area (Å²) in [5.41, 5.74) is 0.967. The van der Waals surface area contributed by atoms with Crippen LogP contribution in [0.3, 0.4) is 0 Å². The number of aromatic nitrogens is 1. The molecule has 3 aromatic rings. The van der Waals surface area contributed by atoms with Gasteiger partial charge in [0, 0.05) is 12.1 Å². The van der Waals surface area contributed by atoms with Gasteiger partial charge in [-0.05, 0) is 31.5 Å². The molecule has 4 rings (SSSR count). The number of nitrogens with zero attached hydrogens (tertiary/aromatic N) is 2. The molecule has 9 nitrogen and oxygen atoms in total. The Balaban J connectivity index is 1.61. The maximum atomic E-state index is 12.8. The predicted molar refractivity (Wildman–Crippen MR) is 107 cm³/mol. The molecule has 9 heteroatoms. The number of aryl methyl sites for hydroxylation is 1. The first kappa shape index (κ1) is 20.5. The van der Waals surface area contributed by atoms with Crippen molar-refractivity contribution in [3.8, 4) is 23.1 Å². The molecule has 0 aliphatic carbocycles. The van der Waals surface area contributed by atoms with Crippen LogP contribution in [-0.4, -0.2) is 35.5 Å². The largest absolute Gasteiger partial charge is 0.493 e. The minimum atomic E-state index is -1.10. The van der Waals surface area contributed by atoms with Crippen LogP contribution in [0.15, 0.2) is 45.4 Å². The molecule has 1 aromatic carbocycles. The minimum absolute atomic E-state index is 0.0525. The van der Waals surface area contributed by atoms with Crippen molar-refractivity contribution in [2.24, 2.45) is 0 Å². The van der Waals surface area contributed by atoms with Crippen molar-refractivity contribution in [1.29, 1.82) is 0 Å². The lowest BCUT2D eigenvalue weighted by Crippen LogP contribution is -2.30. The molecular weight excluding hydrogens is 404 g/mol. The monoisotopic (exact) mass is 426 g/mol. The van der Waals surface area contributed by atoms with Crippen LogP contribution in [-0.2, 0) is 16.1 Å². The lowest BCUT2D eigenvalue weighted by atomic mass is 10.1. The zero-order valence-corrected chi connectivity index (χ0v) is 17.4. The standard InChI is InChI=1S/C22H22N2O7/c1-4-10-24-21(25)19(31-22(24)26)14-7-5-8-16(27-3)18(14)29-12-15-13(2)30-20(23-15)17-9-6-11-28-17/h5-9,11,19H,4,10,12H2,1-3H3. The van der Waals surface area contributed by atoms with Crippen molar-refractivity contribution in [1.82, 2.24) is 9.88 Å². The number of cyclic esters (lactones) is 1. The van der Waals surface area contributed by atoms with E-state index in [9.17, 15) is 9.59 Å². The van der Waals surface area contributed by atoms with E-state index in [4.69, 9.17) is 23.0 Å². The van der Waals surface area contributed by atoms with Gasteiger partial charge in [0.05, 0.1) is 13.4 Å². The van der Waals surface area contributed by atoms with Crippen LogP contribution >= 0.6 is 0 Å². The first-order valence-corrected chi connectivity index (χ1v) is 9.85. The molecule has 1 unspecified atom stereocenters. The molecule has 2 amide bonds. The van der Waals surface area contributed by atoms with Crippen LogP contribution in [0.4, 0.5) is 4.79 Å². The van der Waals surface area contributed by atoms with E-state index in [2.05, 4.69) is 4.98 Å². The van der Waals surface area contributed by atoms with Crippen LogP contribution in [0, 0.1) is 6.92 Å². The van der Waals surface area contributed by atoms with Crippen LogP contribution in [0.2, 0.25) is 0 Å². The first-order valence-electron chi connectivity index (χ1n) is 9.85. The Morgan fingerprint density at radius 1 is 1.19 bits per heavy atom. The van der Waals surface area contributed by atoms with Gasteiger partial charge in [0.2, 0.25) is 6.10 Å². The third kappa shape index (κ3) is 3.86. The van der Waals surface area contributed by atoms with E-state index in [1.54, 1.807) is 37.3 Å². The molecule has 2 aromatic heterocycles. The number of amides is 2. The van der Waals surface area contributed by atoms with Crippen LogP contribution in [0.5, 0.6) is 11.5 Å². The molecule has 31 heavy (non-hydrogen) atoms. The van der Waals surface area contributed by atoms with Gasteiger partial charge in [0.1, 0.15) is 18.1 Å². The van der Waals surface area contributed by atoms with Crippen LogP contribution < -0.4 is 9.47 Å². The van der Waals surface area contributed by atoms with Crippen molar-refractivity contribution in [3.63, 3.8) is 0 Å². The van der Waals surface area contributed by atoms with Crippen molar-refractivity contribution in [2.75, 3.05) is 13.7 Å². The highest BCUT2D eigenvalue weighted by atomic mass is 16.6. The van der Waals surface area contributed by atoms with Gasteiger partial charge in [-0.3, -0.25) is 4.79 Å². The zero-order chi connectivity index (χ0) is 22.0. The Kier molecular flexibility index (Phi) is 5.66. The smallest absolute Gasteiger partial charge is 0.417 e. The number of methoxy groups -OCH3 is 1. The molecular formula is C22H22N2O7. The van der Waals surface area contributed by atoms with Crippen LogP contribution in [0.25, 0.3) is 11.7 Å². The average molecular weight is 426 g/mol. The normalized spacial score (nSPS) is 16.0. The molecule has 0 radical (unpaired) electrons. The lowest BCUT2D eigenvalue weighted by Gasteiger charge is -2.17. The average Bonchev–Trinajstić information content (AvgIpc) is 3.48. The summed E-state index contributed by atoms with van der Waals surface area (Å²) in [6.45, 7) is 4.00. The van der Waals surface area contributed by atoms with Gasteiger partial charge in [-0.25, -0.2) is 14.7 Å². The van der Waals surface area contributed by atoms with Crippen molar-refractivity contribution in [3.05, 3.63) is 53.6 Å². The SMILES string of the molecule is CCCN1C(=O)OC(c2cccc(OC)c2OCc2nc(-c3ccco3)oc2C)C1=O. The fraction of sp³-hybridized carbons (Fsp3) is 0.318. The van der Waals surface area contributed by atoms with Crippen molar-refractivity contribution < 1.29 is 32.6 Å². The number of benzene rings is 1. The highest BCUT2D eigenvalue weighted by molar-refractivity contribution is 6.01. The van der Waals surface area contributed by atoms with Crippen LogP contribution in [0.1, 0.15) is 36.5 Å². The molecule has 0 saturated carbocycles. The van der Waals surface area contributed by atoms with Crippen molar-refractivity contribution in [2.45, 2.75) is 33.0 Å². The Labute approximate surface area is 178 Å². The second-order valence-electron chi connectivity index (χ2n) is 6.92. The Bertz CT molecular complexity index is 1090. The maximum absolute atomic E-state index is 12.8. The van der Waals surface area contributed by atoms with Gasteiger partial charge >= 0.3 is 6.09 Å². The van der Waals surface area contributed by atoms with E-state index in [1.165, 1.54) is 13.4 Å². The third-order valence-electron chi connectivity index (χ3n) is 4.87. The van der Waals surface area contributed by atoms with Gasteiger partial charge in [0.15, 0.2) is 17.3 Å². The summed E-state index contributed by atoms with van der Waals surface area (Å²) >= 11 is 0. The van der Waals surface area contributed by atoms with E-state index in [0.717, 1.165) is 4.90 Å². The Morgan fingerprint density at radius 2 is 2.03 bits per heavy atom. The molecule has 1 atom stereocenters. The van der Waals surface area contributed by atoms with E-state index in [1.807, 2.05) is 6.92 Å². The van der Waals surface area contributed by atoms with Gasteiger partial charge < -0.3 is 23.0 Å². The molecule has 1 aliphatic rings. The second-order valence-corrected chi connectivity index (χ2v) is 6.92. The topological polar surface area (TPSA) is 104 Å². The summed E-state index contributed by atoms with van der Waals surface area (Å²) < 4.78 is 27.8. The molecule has 162 valence electrons. The Hall–Kier alpha value is -3.75. The molecule has 1 fully saturated rings. The number of furan rings is 1. The number of imide groups is 1.